The smallest absolute Gasteiger partial charge is 0.410 e. The highest BCUT2D eigenvalue weighted by Crippen LogP contribution is 2.20. The number of amides is 1. The molecule has 0 saturated heterocycles. The van der Waals surface area contributed by atoms with Crippen LogP contribution in [0.1, 0.15) is 0 Å². The zero-order valence-electron chi connectivity index (χ0n) is 11.4. The summed E-state index contributed by atoms with van der Waals surface area (Å²) in [6.07, 6.45) is 0.739. The summed E-state index contributed by atoms with van der Waals surface area (Å²) in [6, 6.07) is 14.9. The Labute approximate surface area is 125 Å². The second kappa shape index (κ2) is 6.09. The fourth-order valence-corrected chi connectivity index (χ4v) is 1.91. The Morgan fingerprint density at radius 3 is 2.59 bits per heavy atom. The van der Waals surface area contributed by atoms with Crippen LogP contribution in [0.2, 0.25) is 0 Å². The van der Waals surface area contributed by atoms with Crippen LogP contribution in [0.15, 0.2) is 60.8 Å². The lowest BCUT2D eigenvalue weighted by molar-refractivity contribution is 0.215. The summed E-state index contributed by atoms with van der Waals surface area (Å²) in [4.78, 5) is 18.6. The number of rotatable bonds is 3. The predicted molar refractivity (Wildman–Crippen MR) is 80.1 cm³/mol. The van der Waals surface area contributed by atoms with Crippen LogP contribution in [0.4, 0.5) is 15.0 Å². The van der Waals surface area contributed by atoms with Crippen LogP contribution in [0.3, 0.4) is 0 Å². The molecule has 2 aromatic carbocycles. The van der Waals surface area contributed by atoms with Crippen molar-refractivity contribution in [1.29, 1.82) is 0 Å². The van der Waals surface area contributed by atoms with E-state index in [0.717, 1.165) is 0 Å². The van der Waals surface area contributed by atoms with Gasteiger partial charge < -0.3 is 9.72 Å². The molecular formula is C16H12FN3O2. The number of para-hydroxylation sites is 1. The third-order valence-electron chi connectivity index (χ3n) is 2.90. The maximum absolute atomic E-state index is 13.7. The molecule has 0 radical (unpaired) electrons. The van der Waals surface area contributed by atoms with Crippen molar-refractivity contribution in [3.05, 3.63) is 66.6 Å². The Bertz CT molecular complexity index is 787. The molecule has 0 unspecified atom stereocenters. The molecule has 0 saturated carbocycles. The molecule has 110 valence electrons. The normalized spacial score (nSPS) is 10.2. The SMILES string of the molecule is O=C(Nc1cnc(-c2ccccc2F)[nH]1)Oc1ccccc1. The second-order valence-electron chi connectivity index (χ2n) is 4.45. The van der Waals surface area contributed by atoms with Gasteiger partial charge in [0.25, 0.3) is 0 Å². The topological polar surface area (TPSA) is 67.0 Å². The molecule has 6 heteroatoms. The molecule has 3 rings (SSSR count). The van der Waals surface area contributed by atoms with Crippen LogP contribution in [-0.2, 0) is 0 Å². The fourth-order valence-electron chi connectivity index (χ4n) is 1.91. The number of halogens is 1. The number of nitrogens with one attached hydrogen (secondary N) is 2. The highest BCUT2D eigenvalue weighted by molar-refractivity contribution is 5.85. The van der Waals surface area contributed by atoms with Crippen LogP contribution in [0.25, 0.3) is 11.4 Å². The van der Waals surface area contributed by atoms with Crippen molar-refractivity contribution in [3.8, 4) is 17.1 Å². The van der Waals surface area contributed by atoms with E-state index in [0.29, 0.717) is 23.0 Å². The van der Waals surface area contributed by atoms with Crippen molar-refractivity contribution < 1.29 is 13.9 Å². The monoisotopic (exact) mass is 297 g/mol. The first kappa shape index (κ1) is 13.8. The van der Waals surface area contributed by atoms with Gasteiger partial charge in [0, 0.05) is 0 Å². The van der Waals surface area contributed by atoms with Gasteiger partial charge in [-0.25, -0.2) is 14.2 Å². The minimum Gasteiger partial charge on any atom is -0.410 e. The Hall–Kier alpha value is -3.15. The van der Waals surface area contributed by atoms with E-state index in [2.05, 4.69) is 15.3 Å². The van der Waals surface area contributed by atoms with E-state index < -0.39 is 11.9 Å². The molecule has 1 amide bonds. The molecule has 0 bridgehead atoms. The molecule has 0 spiro atoms. The molecule has 5 nitrogen and oxygen atoms in total. The second-order valence-corrected chi connectivity index (χ2v) is 4.45. The maximum Gasteiger partial charge on any atom is 0.418 e. The fraction of sp³-hybridized carbons (Fsp3) is 0. The van der Waals surface area contributed by atoms with Crippen LogP contribution in [0, 0.1) is 5.82 Å². The van der Waals surface area contributed by atoms with Crippen molar-refractivity contribution in [3.63, 3.8) is 0 Å². The lowest BCUT2D eigenvalue weighted by Gasteiger charge is -2.04. The third kappa shape index (κ3) is 3.12. The number of carbonyl (C=O) groups is 1. The van der Waals surface area contributed by atoms with Crippen molar-refractivity contribution in [2.24, 2.45) is 0 Å². The molecule has 1 heterocycles. The van der Waals surface area contributed by atoms with Gasteiger partial charge in [-0.3, -0.25) is 5.32 Å². The number of H-pyrrole nitrogens is 1. The number of benzene rings is 2. The Kier molecular flexibility index (Phi) is 3.82. The van der Waals surface area contributed by atoms with Gasteiger partial charge in [0.05, 0.1) is 11.8 Å². The molecule has 0 fully saturated rings. The van der Waals surface area contributed by atoms with Gasteiger partial charge in [0.2, 0.25) is 0 Å². The Morgan fingerprint density at radius 2 is 1.82 bits per heavy atom. The van der Waals surface area contributed by atoms with Gasteiger partial charge in [-0.2, -0.15) is 0 Å². The van der Waals surface area contributed by atoms with Crippen LogP contribution >= 0.6 is 0 Å². The van der Waals surface area contributed by atoms with E-state index in [9.17, 15) is 9.18 Å². The van der Waals surface area contributed by atoms with E-state index in [1.165, 1.54) is 12.3 Å². The standard InChI is InChI=1S/C16H12FN3O2/c17-13-9-5-4-8-12(13)15-18-10-14(19-15)20-16(21)22-11-6-2-1-3-7-11/h1-10H,(H,18,19)(H,20,21). The first-order valence-electron chi connectivity index (χ1n) is 6.56. The Balaban J connectivity index is 1.70. The van der Waals surface area contributed by atoms with Gasteiger partial charge in [0.1, 0.15) is 23.2 Å². The molecule has 0 atom stereocenters. The zero-order valence-corrected chi connectivity index (χ0v) is 11.4. The molecule has 1 aromatic heterocycles. The van der Waals surface area contributed by atoms with E-state index in [4.69, 9.17) is 4.74 Å². The number of aromatic nitrogens is 2. The summed E-state index contributed by atoms with van der Waals surface area (Å²) in [6.45, 7) is 0. The summed E-state index contributed by atoms with van der Waals surface area (Å²) in [5, 5.41) is 2.50. The number of hydrogen-bond acceptors (Lipinski definition) is 3. The minimum absolute atomic E-state index is 0.319. The van der Waals surface area contributed by atoms with E-state index in [1.807, 2.05) is 6.07 Å². The van der Waals surface area contributed by atoms with Crippen LogP contribution in [0.5, 0.6) is 5.75 Å². The number of nitrogens with zero attached hydrogens (tertiary/aromatic N) is 1. The van der Waals surface area contributed by atoms with Crippen molar-refractivity contribution in [2.45, 2.75) is 0 Å². The third-order valence-corrected chi connectivity index (χ3v) is 2.90. The summed E-state index contributed by atoms with van der Waals surface area (Å²) in [5.41, 5.74) is 0.326. The molecule has 0 aliphatic heterocycles. The van der Waals surface area contributed by atoms with Gasteiger partial charge in [-0.05, 0) is 24.3 Å². The number of hydrogen-bond donors (Lipinski definition) is 2. The van der Waals surface area contributed by atoms with Gasteiger partial charge in [0.15, 0.2) is 0 Å². The maximum atomic E-state index is 13.7. The van der Waals surface area contributed by atoms with E-state index in [-0.39, 0.29) is 0 Å². The number of aromatic amines is 1. The summed E-state index contributed by atoms with van der Waals surface area (Å²) in [5.74, 6) is 0.677. The molecule has 0 aliphatic rings. The minimum atomic E-state index is -0.657. The quantitative estimate of drug-likeness (QED) is 0.772. The van der Waals surface area contributed by atoms with Crippen molar-refractivity contribution in [1.82, 2.24) is 9.97 Å². The highest BCUT2D eigenvalue weighted by atomic mass is 19.1. The largest absolute Gasteiger partial charge is 0.418 e. The molecule has 2 N–H and O–H groups in total. The van der Waals surface area contributed by atoms with Gasteiger partial charge >= 0.3 is 6.09 Å². The number of carbonyl (C=O) groups excluding carboxylic acids is 1. The first-order valence-corrected chi connectivity index (χ1v) is 6.56. The number of imidazole rings is 1. The van der Waals surface area contributed by atoms with Crippen LogP contribution in [-0.4, -0.2) is 16.1 Å². The number of ether oxygens (including phenoxy) is 1. The molecule has 22 heavy (non-hydrogen) atoms. The average molecular weight is 297 g/mol. The van der Waals surface area contributed by atoms with E-state index in [1.54, 1.807) is 42.5 Å². The molecular weight excluding hydrogens is 285 g/mol. The number of anilines is 1. The molecule has 3 aromatic rings. The van der Waals surface area contributed by atoms with Crippen molar-refractivity contribution in [2.75, 3.05) is 5.32 Å². The van der Waals surface area contributed by atoms with Gasteiger partial charge in [-0.15, -0.1) is 0 Å². The lowest BCUT2D eigenvalue weighted by atomic mass is 10.2. The summed E-state index contributed by atoms with van der Waals surface area (Å²) < 4.78 is 18.7. The average Bonchev–Trinajstić information content (AvgIpc) is 2.97. The highest BCUT2D eigenvalue weighted by Gasteiger charge is 2.10. The lowest BCUT2D eigenvalue weighted by Crippen LogP contribution is -2.16. The summed E-state index contributed by atoms with van der Waals surface area (Å²) in [7, 11) is 0. The first-order chi connectivity index (χ1) is 10.7. The Morgan fingerprint density at radius 1 is 1.09 bits per heavy atom. The van der Waals surface area contributed by atoms with Crippen molar-refractivity contribution >= 4 is 11.9 Å². The van der Waals surface area contributed by atoms with Crippen LogP contribution < -0.4 is 10.1 Å². The molecule has 0 aliphatic carbocycles. The zero-order chi connectivity index (χ0) is 15.4. The predicted octanol–water partition coefficient (Wildman–Crippen LogP) is 3.83. The van der Waals surface area contributed by atoms with E-state index >= 15 is 0 Å². The van der Waals surface area contributed by atoms with Gasteiger partial charge in [-0.1, -0.05) is 30.3 Å². The summed E-state index contributed by atoms with van der Waals surface area (Å²) >= 11 is 0.